The van der Waals surface area contributed by atoms with Crippen molar-refractivity contribution < 1.29 is 27.9 Å². The summed E-state index contributed by atoms with van der Waals surface area (Å²) in [5.41, 5.74) is 0.394. The van der Waals surface area contributed by atoms with E-state index in [0.29, 0.717) is 16.5 Å². The Morgan fingerprint density at radius 2 is 1.68 bits per heavy atom. The lowest BCUT2D eigenvalue weighted by atomic mass is 9.83. The fraction of sp³-hybridized carbons (Fsp3) is 0.310. The normalized spacial score (nSPS) is 15.3. The van der Waals surface area contributed by atoms with Crippen molar-refractivity contribution in [3.05, 3.63) is 94.0 Å². The molecule has 1 fully saturated rings. The second kappa shape index (κ2) is 11.0. The lowest BCUT2D eigenvalue weighted by Gasteiger charge is -2.28. The van der Waals surface area contributed by atoms with Gasteiger partial charge in [-0.05, 0) is 73.2 Å². The largest absolute Gasteiger partial charge is 0.478 e. The highest BCUT2D eigenvalue weighted by Gasteiger charge is 2.33. The van der Waals surface area contributed by atoms with Crippen LogP contribution >= 0.6 is 11.6 Å². The van der Waals surface area contributed by atoms with Crippen molar-refractivity contribution in [1.82, 2.24) is 0 Å². The zero-order valence-electron chi connectivity index (χ0n) is 20.3. The highest BCUT2D eigenvalue weighted by atomic mass is 35.5. The molecule has 0 heterocycles. The molecule has 0 spiro atoms. The molecular formula is C29H27ClF3NO3. The van der Waals surface area contributed by atoms with Crippen LogP contribution in [0.3, 0.4) is 0 Å². The number of carboxylic acid groups (broad SMARTS) is 1. The van der Waals surface area contributed by atoms with Crippen LogP contribution < -0.4 is 4.90 Å². The van der Waals surface area contributed by atoms with Crippen molar-refractivity contribution in [1.29, 1.82) is 0 Å². The minimum absolute atomic E-state index is 0.0175. The van der Waals surface area contributed by atoms with Crippen molar-refractivity contribution in [2.75, 3.05) is 4.90 Å². The molecule has 1 amide bonds. The monoisotopic (exact) mass is 529 g/mol. The fourth-order valence-corrected chi connectivity index (χ4v) is 5.29. The van der Waals surface area contributed by atoms with E-state index in [1.54, 1.807) is 13.0 Å². The summed E-state index contributed by atoms with van der Waals surface area (Å²) in [7, 11) is 0. The average Bonchev–Trinajstić information content (AvgIpc) is 2.88. The molecule has 3 aromatic carbocycles. The van der Waals surface area contributed by atoms with Crippen LogP contribution in [0.2, 0.25) is 5.02 Å². The van der Waals surface area contributed by atoms with Crippen LogP contribution in [0.25, 0.3) is 0 Å². The first-order valence-corrected chi connectivity index (χ1v) is 12.6. The molecule has 0 saturated heterocycles. The Morgan fingerprint density at radius 3 is 2.32 bits per heavy atom. The van der Waals surface area contributed by atoms with Crippen LogP contribution in [0.4, 0.5) is 24.5 Å². The molecule has 0 aromatic heterocycles. The number of hydrogen-bond donors (Lipinski definition) is 1. The minimum atomic E-state index is -4.63. The number of alkyl halides is 3. The lowest BCUT2D eigenvalue weighted by molar-refractivity contribution is -0.137. The summed E-state index contributed by atoms with van der Waals surface area (Å²) in [5.74, 6) is -2.32. The highest BCUT2D eigenvalue weighted by molar-refractivity contribution is 6.31. The summed E-state index contributed by atoms with van der Waals surface area (Å²) in [6, 6.07) is 15.6. The molecule has 1 N–H and O–H groups in total. The molecular weight excluding hydrogens is 503 g/mol. The average molecular weight is 530 g/mol. The molecule has 8 heteroatoms. The van der Waals surface area contributed by atoms with Gasteiger partial charge in [-0.25, -0.2) is 4.79 Å². The molecule has 0 radical (unpaired) electrons. The van der Waals surface area contributed by atoms with E-state index in [4.69, 9.17) is 11.6 Å². The maximum atomic E-state index is 13.9. The maximum Gasteiger partial charge on any atom is 0.416 e. The van der Waals surface area contributed by atoms with Gasteiger partial charge in [-0.2, -0.15) is 13.2 Å². The van der Waals surface area contributed by atoms with Gasteiger partial charge in [0.1, 0.15) is 0 Å². The van der Waals surface area contributed by atoms with Crippen LogP contribution in [0, 0.1) is 0 Å². The Bertz CT molecular complexity index is 1300. The van der Waals surface area contributed by atoms with Gasteiger partial charge < -0.3 is 5.11 Å². The highest BCUT2D eigenvalue weighted by Crippen LogP contribution is 2.39. The Labute approximate surface area is 218 Å². The van der Waals surface area contributed by atoms with Gasteiger partial charge in [0.2, 0.25) is 5.91 Å². The van der Waals surface area contributed by atoms with Crippen molar-refractivity contribution >= 4 is 34.9 Å². The molecule has 4 nitrogen and oxygen atoms in total. The molecule has 1 unspecified atom stereocenters. The Kier molecular flexibility index (Phi) is 7.93. The Hall–Kier alpha value is -3.32. The number of anilines is 2. The van der Waals surface area contributed by atoms with Gasteiger partial charge in [-0.1, -0.05) is 61.2 Å². The van der Waals surface area contributed by atoms with E-state index in [1.165, 1.54) is 42.8 Å². The second-order valence-electron chi connectivity index (χ2n) is 9.38. The molecule has 1 aliphatic carbocycles. The molecule has 1 atom stereocenters. The maximum absolute atomic E-state index is 13.9. The Balaban J connectivity index is 1.76. The molecule has 194 valence electrons. The molecule has 1 aliphatic rings. The second-order valence-corrected chi connectivity index (χ2v) is 9.79. The van der Waals surface area contributed by atoms with E-state index < -0.39 is 29.5 Å². The summed E-state index contributed by atoms with van der Waals surface area (Å²) < 4.78 is 40.5. The number of hydrogen-bond acceptors (Lipinski definition) is 2. The quantitative estimate of drug-likeness (QED) is 0.348. The third-order valence-electron chi connectivity index (χ3n) is 6.97. The lowest BCUT2D eigenvalue weighted by Crippen LogP contribution is -2.31. The Morgan fingerprint density at radius 1 is 0.973 bits per heavy atom. The third kappa shape index (κ3) is 5.82. The molecule has 3 aromatic rings. The SMILES string of the molecule is CC(C(=O)N(c1cccc(C(F)(F)F)c1)c1ccccc1C(=O)O)c1ccc(C2CCCCC2)c(Cl)c1. The van der Waals surface area contributed by atoms with Gasteiger partial charge in [0.05, 0.1) is 22.7 Å². The van der Waals surface area contributed by atoms with Gasteiger partial charge in [0.25, 0.3) is 0 Å². The van der Waals surface area contributed by atoms with Gasteiger partial charge in [-0.3, -0.25) is 9.69 Å². The number of carbonyl (C=O) groups is 2. The van der Waals surface area contributed by atoms with E-state index in [9.17, 15) is 27.9 Å². The van der Waals surface area contributed by atoms with Crippen molar-refractivity contribution in [2.24, 2.45) is 0 Å². The topological polar surface area (TPSA) is 57.6 Å². The first kappa shape index (κ1) is 26.7. The van der Waals surface area contributed by atoms with Gasteiger partial charge in [0, 0.05) is 10.7 Å². The van der Waals surface area contributed by atoms with Crippen molar-refractivity contribution in [2.45, 2.75) is 57.0 Å². The number of halogens is 4. The number of carbonyl (C=O) groups excluding carboxylic acids is 1. The zero-order valence-corrected chi connectivity index (χ0v) is 21.0. The first-order valence-electron chi connectivity index (χ1n) is 12.2. The number of amides is 1. The van der Waals surface area contributed by atoms with Crippen molar-refractivity contribution in [3.8, 4) is 0 Å². The number of carboxylic acids is 1. The number of aromatic carboxylic acids is 1. The van der Waals surface area contributed by atoms with Crippen LogP contribution in [-0.2, 0) is 11.0 Å². The third-order valence-corrected chi connectivity index (χ3v) is 7.29. The molecule has 0 bridgehead atoms. The van der Waals surface area contributed by atoms with E-state index in [0.717, 1.165) is 48.3 Å². The van der Waals surface area contributed by atoms with E-state index in [-0.39, 0.29) is 16.9 Å². The smallest absolute Gasteiger partial charge is 0.416 e. The molecule has 4 rings (SSSR count). The predicted molar refractivity (Wildman–Crippen MR) is 138 cm³/mol. The minimum Gasteiger partial charge on any atom is -0.478 e. The summed E-state index contributed by atoms with van der Waals surface area (Å²) in [5, 5.41) is 10.3. The van der Waals surface area contributed by atoms with E-state index >= 15 is 0 Å². The van der Waals surface area contributed by atoms with E-state index in [2.05, 4.69) is 0 Å². The van der Waals surface area contributed by atoms with E-state index in [1.807, 2.05) is 12.1 Å². The van der Waals surface area contributed by atoms with Gasteiger partial charge >= 0.3 is 12.1 Å². The number of nitrogens with zero attached hydrogens (tertiary/aromatic N) is 1. The van der Waals surface area contributed by atoms with Gasteiger partial charge in [0.15, 0.2) is 0 Å². The van der Waals surface area contributed by atoms with Gasteiger partial charge in [-0.15, -0.1) is 0 Å². The summed E-state index contributed by atoms with van der Waals surface area (Å²) in [6.07, 6.45) is 0.983. The summed E-state index contributed by atoms with van der Waals surface area (Å²) in [4.78, 5) is 26.9. The predicted octanol–water partition coefficient (Wildman–Crippen LogP) is 8.57. The fourth-order valence-electron chi connectivity index (χ4n) is 4.95. The van der Waals surface area contributed by atoms with Crippen LogP contribution in [0.5, 0.6) is 0 Å². The number of benzene rings is 3. The van der Waals surface area contributed by atoms with Crippen molar-refractivity contribution in [3.63, 3.8) is 0 Å². The molecule has 1 saturated carbocycles. The number of rotatable bonds is 6. The zero-order chi connectivity index (χ0) is 26.7. The summed E-state index contributed by atoms with van der Waals surface area (Å²) >= 11 is 6.64. The standard InChI is InChI=1S/C29H27ClF3NO3/c1-18(20-14-15-23(25(30)16-20)19-8-3-2-4-9-19)27(35)34(26-13-6-5-12-24(26)28(36)37)22-11-7-10-21(17-22)29(31,32)33/h5-7,10-19H,2-4,8-9H2,1H3,(H,36,37). The summed E-state index contributed by atoms with van der Waals surface area (Å²) in [6.45, 7) is 1.64. The van der Waals surface area contributed by atoms with Crippen LogP contribution in [0.1, 0.15) is 77.9 Å². The molecule has 37 heavy (non-hydrogen) atoms. The first-order chi connectivity index (χ1) is 17.6. The van der Waals surface area contributed by atoms with Crippen LogP contribution in [-0.4, -0.2) is 17.0 Å². The number of para-hydroxylation sites is 1. The molecule has 0 aliphatic heterocycles. The van der Waals surface area contributed by atoms with Crippen LogP contribution in [0.15, 0.2) is 66.7 Å².